The van der Waals surface area contributed by atoms with Gasteiger partial charge in [0.15, 0.2) is 11.5 Å². The Labute approximate surface area is 109 Å². The predicted molar refractivity (Wildman–Crippen MR) is 65.6 cm³/mol. The lowest BCUT2D eigenvalue weighted by Crippen LogP contribution is -2.10. The molecular weight excluding hydrogens is 248 g/mol. The fraction of sp³-hybridized carbons (Fsp3) is 0.231. The van der Waals surface area contributed by atoms with Crippen LogP contribution in [0.25, 0.3) is 0 Å². The van der Waals surface area contributed by atoms with Gasteiger partial charge in [-0.25, -0.2) is 4.79 Å². The summed E-state index contributed by atoms with van der Waals surface area (Å²) in [4.78, 5) is 11.1. The number of carboxylic acids is 1. The first-order valence-corrected chi connectivity index (χ1v) is 5.80. The number of fused-ring (bicyclic) bond motifs is 1. The van der Waals surface area contributed by atoms with Crippen molar-refractivity contribution in [2.24, 2.45) is 0 Å². The van der Waals surface area contributed by atoms with Crippen LogP contribution < -0.4 is 9.47 Å². The Balaban J connectivity index is 1.91. The van der Waals surface area contributed by atoms with E-state index in [0.717, 1.165) is 5.56 Å². The monoisotopic (exact) mass is 260 g/mol. The molecule has 1 N–H and O–H groups in total. The molecule has 0 atom stereocenters. The average molecular weight is 260 g/mol. The second-order valence-electron chi connectivity index (χ2n) is 4.32. The van der Waals surface area contributed by atoms with E-state index >= 15 is 0 Å². The van der Waals surface area contributed by atoms with Gasteiger partial charge < -0.3 is 14.6 Å². The van der Waals surface area contributed by atoms with E-state index in [9.17, 15) is 4.79 Å². The van der Waals surface area contributed by atoms with Crippen molar-refractivity contribution in [3.8, 4) is 11.5 Å². The van der Waals surface area contributed by atoms with Crippen LogP contribution in [-0.2, 0) is 6.54 Å². The normalized spacial score (nSPS) is 12.7. The van der Waals surface area contributed by atoms with Gasteiger partial charge in [-0.3, -0.25) is 4.68 Å². The van der Waals surface area contributed by atoms with Crippen molar-refractivity contribution in [2.75, 3.05) is 6.79 Å². The van der Waals surface area contributed by atoms with E-state index in [1.165, 1.54) is 4.68 Å². The fourth-order valence-electron chi connectivity index (χ4n) is 2.05. The van der Waals surface area contributed by atoms with Crippen molar-refractivity contribution in [2.45, 2.75) is 13.5 Å². The van der Waals surface area contributed by atoms with Gasteiger partial charge in [0.05, 0.1) is 12.2 Å². The zero-order valence-corrected chi connectivity index (χ0v) is 10.3. The Morgan fingerprint density at radius 1 is 1.37 bits per heavy atom. The molecule has 1 aromatic heterocycles. The summed E-state index contributed by atoms with van der Waals surface area (Å²) in [5.41, 5.74) is 1.77. The van der Waals surface area contributed by atoms with E-state index in [1.54, 1.807) is 13.0 Å². The van der Waals surface area contributed by atoms with Gasteiger partial charge in [0.1, 0.15) is 5.69 Å². The summed E-state index contributed by atoms with van der Waals surface area (Å²) < 4.78 is 12.0. The number of carboxylic acid groups (broad SMARTS) is 1. The van der Waals surface area contributed by atoms with E-state index < -0.39 is 5.97 Å². The first-order valence-electron chi connectivity index (χ1n) is 5.80. The van der Waals surface area contributed by atoms with Crippen molar-refractivity contribution in [1.82, 2.24) is 9.78 Å². The Kier molecular flexibility index (Phi) is 2.63. The summed E-state index contributed by atoms with van der Waals surface area (Å²) in [6.07, 6.45) is 0. The van der Waals surface area contributed by atoms with E-state index in [1.807, 2.05) is 18.2 Å². The highest BCUT2D eigenvalue weighted by Gasteiger charge is 2.16. The van der Waals surface area contributed by atoms with Crippen molar-refractivity contribution < 1.29 is 19.4 Å². The second-order valence-corrected chi connectivity index (χ2v) is 4.32. The van der Waals surface area contributed by atoms with Crippen molar-refractivity contribution >= 4 is 5.97 Å². The lowest BCUT2D eigenvalue weighted by molar-refractivity contribution is 0.0684. The molecule has 2 aromatic rings. The molecule has 1 aliphatic rings. The van der Waals surface area contributed by atoms with E-state index in [-0.39, 0.29) is 12.5 Å². The first-order chi connectivity index (χ1) is 9.13. The van der Waals surface area contributed by atoms with Crippen LogP contribution in [0.4, 0.5) is 0 Å². The molecule has 0 unspecified atom stereocenters. The lowest BCUT2D eigenvalue weighted by Gasteiger charge is -2.05. The molecule has 6 nitrogen and oxygen atoms in total. The van der Waals surface area contributed by atoms with Gasteiger partial charge in [-0.2, -0.15) is 5.10 Å². The van der Waals surface area contributed by atoms with Gasteiger partial charge in [-0.15, -0.1) is 0 Å². The molecule has 0 spiro atoms. The minimum atomic E-state index is -0.985. The van der Waals surface area contributed by atoms with Crippen LogP contribution in [0.5, 0.6) is 11.5 Å². The molecule has 0 bridgehead atoms. The van der Waals surface area contributed by atoms with Gasteiger partial charge in [0, 0.05) is 0 Å². The highest BCUT2D eigenvalue weighted by molar-refractivity contribution is 5.85. The molecule has 0 amide bonds. The van der Waals surface area contributed by atoms with Crippen LogP contribution in [0.15, 0.2) is 24.3 Å². The third kappa shape index (κ3) is 2.12. The maximum atomic E-state index is 11.1. The van der Waals surface area contributed by atoms with Gasteiger partial charge in [-0.1, -0.05) is 6.07 Å². The number of carbonyl (C=O) groups is 1. The van der Waals surface area contributed by atoms with Crippen LogP contribution in [-0.4, -0.2) is 27.6 Å². The summed E-state index contributed by atoms with van der Waals surface area (Å²) >= 11 is 0. The Morgan fingerprint density at radius 2 is 2.16 bits per heavy atom. The second kappa shape index (κ2) is 4.31. The third-order valence-corrected chi connectivity index (χ3v) is 2.89. The van der Waals surface area contributed by atoms with Crippen LogP contribution in [0, 0.1) is 6.92 Å². The standard InChI is InChI=1S/C13H12N2O4/c1-8-4-10(13(16)17)15(14-8)6-9-2-3-11-12(5-9)19-7-18-11/h2-5H,6-7H2,1H3,(H,16,17). The topological polar surface area (TPSA) is 73.6 Å². The molecule has 0 saturated heterocycles. The number of nitrogens with zero attached hydrogens (tertiary/aromatic N) is 2. The summed E-state index contributed by atoms with van der Waals surface area (Å²) in [7, 11) is 0. The van der Waals surface area contributed by atoms with Gasteiger partial charge in [0.25, 0.3) is 0 Å². The fourth-order valence-corrected chi connectivity index (χ4v) is 2.05. The summed E-state index contributed by atoms with van der Waals surface area (Å²) in [6.45, 7) is 2.37. The van der Waals surface area contributed by atoms with E-state index in [0.29, 0.717) is 23.7 Å². The summed E-state index contributed by atoms with van der Waals surface area (Å²) in [5.74, 6) is 0.401. The van der Waals surface area contributed by atoms with E-state index in [2.05, 4.69) is 5.10 Å². The van der Waals surface area contributed by atoms with Crippen molar-refractivity contribution in [1.29, 1.82) is 0 Å². The molecule has 6 heteroatoms. The zero-order valence-electron chi connectivity index (χ0n) is 10.3. The SMILES string of the molecule is Cc1cc(C(=O)O)n(Cc2ccc3c(c2)OCO3)n1. The quantitative estimate of drug-likeness (QED) is 0.908. The smallest absolute Gasteiger partial charge is 0.354 e. The van der Waals surface area contributed by atoms with Crippen LogP contribution in [0.3, 0.4) is 0 Å². The van der Waals surface area contributed by atoms with Crippen LogP contribution in [0.1, 0.15) is 21.7 Å². The number of hydrogen-bond acceptors (Lipinski definition) is 4. The largest absolute Gasteiger partial charge is 0.477 e. The molecule has 19 heavy (non-hydrogen) atoms. The Morgan fingerprint density at radius 3 is 2.95 bits per heavy atom. The molecule has 0 saturated carbocycles. The number of aromatic carboxylic acids is 1. The van der Waals surface area contributed by atoms with Crippen molar-refractivity contribution in [3.63, 3.8) is 0 Å². The van der Waals surface area contributed by atoms with Crippen LogP contribution >= 0.6 is 0 Å². The number of aryl methyl sites for hydroxylation is 1. The molecule has 0 fully saturated rings. The van der Waals surface area contributed by atoms with Crippen molar-refractivity contribution in [3.05, 3.63) is 41.2 Å². The zero-order chi connectivity index (χ0) is 13.4. The molecular formula is C13H12N2O4. The minimum absolute atomic E-state index is 0.176. The minimum Gasteiger partial charge on any atom is -0.477 e. The molecule has 2 heterocycles. The first kappa shape index (κ1) is 11.6. The molecule has 3 rings (SSSR count). The maximum absolute atomic E-state index is 11.1. The summed E-state index contributed by atoms with van der Waals surface area (Å²) in [6, 6.07) is 7.07. The van der Waals surface area contributed by atoms with Gasteiger partial charge >= 0.3 is 5.97 Å². The average Bonchev–Trinajstić information content (AvgIpc) is 2.95. The Hall–Kier alpha value is -2.50. The molecule has 0 radical (unpaired) electrons. The molecule has 1 aromatic carbocycles. The number of aromatic nitrogens is 2. The number of benzene rings is 1. The highest BCUT2D eigenvalue weighted by atomic mass is 16.7. The molecule has 98 valence electrons. The summed E-state index contributed by atoms with van der Waals surface area (Å²) in [5, 5.41) is 13.3. The third-order valence-electron chi connectivity index (χ3n) is 2.89. The lowest BCUT2D eigenvalue weighted by atomic mass is 10.2. The highest BCUT2D eigenvalue weighted by Crippen LogP contribution is 2.32. The van der Waals surface area contributed by atoms with E-state index in [4.69, 9.17) is 14.6 Å². The maximum Gasteiger partial charge on any atom is 0.354 e. The van der Waals surface area contributed by atoms with Gasteiger partial charge in [0.2, 0.25) is 6.79 Å². The molecule has 0 aliphatic carbocycles. The Bertz CT molecular complexity index is 648. The number of ether oxygens (including phenoxy) is 2. The predicted octanol–water partition coefficient (Wildman–Crippen LogP) is 1.67. The molecule has 1 aliphatic heterocycles. The number of rotatable bonds is 3. The van der Waals surface area contributed by atoms with Crippen LogP contribution in [0.2, 0.25) is 0 Å². The number of hydrogen-bond donors (Lipinski definition) is 1. The van der Waals surface area contributed by atoms with Gasteiger partial charge in [-0.05, 0) is 30.7 Å².